The molecule has 208 valence electrons. The van der Waals surface area contributed by atoms with E-state index in [0.717, 1.165) is 0 Å². The third-order valence-electron chi connectivity index (χ3n) is 5.70. The lowest BCUT2D eigenvalue weighted by atomic mass is 10.0. The second kappa shape index (κ2) is 11.1. The molecule has 1 N–H and O–H groups in total. The van der Waals surface area contributed by atoms with Crippen LogP contribution in [0.2, 0.25) is 0 Å². The topological polar surface area (TPSA) is 102 Å². The van der Waals surface area contributed by atoms with E-state index >= 15 is 0 Å². The average molecular weight is 668 g/mol. The van der Waals surface area contributed by atoms with Crippen LogP contribution in [0.25, 0.3) is 5.82 Å². The predicted molar refractivity (Wildman–Crippen MR) is 131 cm³/mol. The number of pyridine rings is 1. The summed E-state index contributed by atoms with van der Waals surface area (Å²) in [6, 6.07) is 2.66. The molecule has 3 heterocycles. The Balaban J connectivity index is 1.57. The Morgan fingerprint density at radius 2 is 1.62 bits per heavy atom. The number of hydrogen-bond donors (Lipinski definition) is 1. The van der Waals surface area contributed by atoms with Gasteiger partial charge in [-0.15, -0.1) is 5.10 Å². The summed E-state index contributed by atoms with van der Waals surface area (Å²) in [6.45, 7) is 3.18. The van der Waals surface area contributed by atoms with Gasteiger partial charge in [-0.2, -0.15) is 31.0 Å². The maximum Gasteiger partial charge on any atom is 0.416 e. The minimum atomic E-state index is -5.10. The van der Waals surface area contributed by atoms with E-state index in [-0.39, 0.29) is 27.4 Å². The first kappa shape index (κ1) is 28.7. The van der Waals surface area contributed by atoms with Crippen molar-refractivity contribution in [1.82, 2.24) is 30.0 Å². The van der Waals surface area contributed by atoms with Gasteiger partial charge >= 0.3 is 12.4 Å². The van der Waals surface area contributed by atoms with E-state index in [1.807, 2.05) is 0 Å². The summed E-state index contributed by atoms with van der Waals surface area (Å²) >= 11 is 1.80. The highest BCUT2D eigenvalue weighted by Crippen LogP contribution is 2.36. The molecule has 4 rings (SSSR count). The number of hydrogen-bond acceptors (Lipinski definition) is 6. The predicted octanol–water partition coefficient (Wildman–Crippen LogP) is 4.27. The van der Waals surface area contributed by atoms with Gasteiger partial charge in [0.2, 0.25) is 3.83 Å². The summed E-state index contributed by atoms with van der Waals surface area (Å²) < 4.78 is 85.9. The Morgan fingerprint density at radius 3 is 2.15 bits per heavy atom. The number of halogens is 7. The first-order valence-corrected chi connectivity index (χ1v) is 12.4. The Hall–Kier alpha value is -3.28. The molecule has 1 unspecified atom stereocenters. The molecule has 2 aromatic heterocycles. The van der Waals surface area contributed by atoms with Crippen molar-refractivity contribution >= 4 is 34.4 Å². The standard InChI is InChI=1S/C23H19F6IN6O3/c1-12(32-19(37)14-8-15(22(24,25)26)10-16(9-14)23(27,28)29)18-33-21(30)34-36(18)17-3-2-13(11-31-17)20(38)35-4-6-39-7-5-35/h2-3,8-12H,4-7H2,1H3,(H,32,37). The van der Waals surface area contributed by atoms with E-state index in [9.17, 15) is 35.9 Å². The van der Waals surface area contributed by atoms with Crippen LogP contribution in [0.15, 0.2) is 36.5 Å². The number of nitrogens with one attached hydrogen (secondary N) is 1. The molecule has 1 aromatic carbocycles. The maximum atomic E-state index is 13.2. The van der Waals surface area contributed by atoms with E-state index in [4.69, 9.17) is 4.74 Å². The number of carbonyl (C=O) groups is 2. The summed E-state index contributed by atoms with van der Waals surface area (Å²) in [5.74, 6) is -1.08. The third-order valence-corrected chi connectivity index (χ3v) is 6.16. The number of alkyl halides is 6. The van der Waals surface area contributed by atoms with E-state index in [1.165, 1.54) is 29.9 Å². The Kier molecular flexibility index (Phi) is 8.15. The number of carbonyl (C=O) groups excluding carboxylic acids is 2. The molecule has 0 saturated carbocycles. The Morgan fingerprint density at radius 1 is 1.00 bits per heavy atom. The van der Waals surface area contributed by atoms with Crippen LogP contribution in [0.3, 0.4) is 0 Å². The fraction of sp³-hybridized carbons (Fsp3) is 0.348. The average Bonchev–Trinajstić information content (AvgIpc) is 3.29. The zero-order valence-corrected chi connectivity index (χ0v) is 22.1. The van der Waals surface area contributed by atoms with Gasteiger partial charge in [0.05, 0.1) is 35.9 Å². The molecular formula is C23H19F6IN6O3. The van der Waals surface area contributed by atoms with Crippen molar-refractivity contribution in [3.05, 3.63) is 68.4 Å². The highest BCUT2D eigenvalue weighted by molar-refractivity contribution is 14.1. The third kappa shape index (κ3) is 6.66. The van der Waals surface area contributed by atoms with Crippen LogP contribution in [0.4, 0.5) is 26.3 Å². The maximum absolute atomic E-state index is 13.2. The van der Waals surface area contributed by atoms with Crippen molar-refractivity contribution in [3.63, 3.8) is 0 Å². The molecule has 39 heavy (non-hydrogen) atoms. The van der Waals surface area contributed by atoms with Crippen LogP contribution in [0.1, 0.15) is 50.6 Å². The van der Waals surface area contributed by atoms with Gasteiger partial charge in [0.1, 0.15) is 0 Å². The molecule has 0 aliphatic carbocycles. The summed E-state index contributed by atoms with van der Waals surface area (Å²) in [7, 11) is 0. The molecule has 0 radical (unpaired) electrons. The molecule has 2 amide bonds. The van der Waals surface area contributed by atoms with E-state index in [0.29, 0.717) is 44.0 Å². The minimum absolute atomic E-state index is 0.0572. The lowest BCUT2D eigenvalue weighted by Crippen LogP contribution is -2.40. The highest BCUT2D eigenvalue weighted by Gasteiger charge is 2.37. The smallest absolute Gasteiger partial charge is 0.378 e. The van der Waals surface area contributed by atoms with Crippen molar-refractivity contribution in [2.24, 2.45) is 0 Å². The molecule has 0 bridgehead atoms. The van der Waals surface area contributed by atoms with E-state index < -0.39 is 41.0 Å². The zero-order chi connectivity index (χ0) is 28.5. The highest BCUT2D eigenvalue weighted by atomic mass is 127. The summed E-state index contributed by atoms with van der Waals surface area (Å²) in [5.41, 5.74) is -3.72. The summed E-state index contributed by atoms with van der Waals surface area (Å²) in [4.78, 5) is 35.5. The van der Waals surface area contributed by atoms with Crippen molar-refractivity contribution < 1.29 is 40.7 Å². The van der Waals surface area contributed by atoms with Crippen LogP contribution >= 0.6 is 22.6 Å². The van der Waals surface area contributed by atoms with Gasteiger partial charge in [-0.1, -0.05) is 0 Å². The first-order valence-electron chi connectivity index (χ1n) is 11.3. The fourth-order valence-electron chi connectivity index (χ4n) is 3.76. The Bertz CT molecular complexity index is 1340. The molecule has 1 saturated heterocycles. The zero-order valence-electron chi connectivity index (χ0n) is 20.0. The molecule has 0 spiro atoms. The molecular weight excluding hydrogens is 649 g/mol. The van der Waals surface area contributed by atoms with Gasteiger partial charge < -0.3 is 15.0 Å². The van der Waals surface area contributed by atoms with Gasteiger partial charge in [-0.25, -0.2) is 9.97 Å². The molecule has 1 aliphatic rings. The molecule has 3 aromatic rings. The number of nitrogens with zero attached hydrogens (tertiary/aromatic N) is 5. The van der Waals surface area contributed by atoms with Crippen LogP contribution in [-0.4, -0.2) is 62.8 Å². The van der Waals surface area contributed by atoms with Crippen molar-refractivity contribution in [1.29, 1.82) is 0 Å². The number of rotatable bonds is 5. The van der Waals surface area contributed by atoms with Gasteiger partial charge in [0, 0.05) is 47.4 Å². The van der Waals surface area contributed by atoms with Gasteiger partial charge in [0.15, 0.2) is 11.6 Å². The van der Waals surface area contributed by atoms with Gasteiger partial charge in [-0.3, -0.25) is 9.59 Å². The molecule has 1 aliphatic heterocycles. The van der Waals surface area contributed by atoms with Crippen LogP contribution in [-0.2, 0) is 17.1 Å². The minimum Gasteiger partial charge on any atom is -0.378 e. The lowest BCUT2D eigenvalue weighted by molar-refractivity contribution is -0.143. The van der Waals surface area contributed by atoms with Gasteiger partial charge in [0.25, 0.3) is 11.8 Å². The van der Waals surface area contributed by atoms with Crippen LogP contribution in [0, 0.1) is 3.83 Å². The molecule has 1 atom stereocenters. The van der Waals surface area contributed by atoms with E-state index in [2.05, 4.69) is 20.4 Å². The molecule has 9 nitrogen and oxygen atoms in total. The number of aromatic nitrogens is 4. The van der Waals surface area contributed by atoms with E-state index in [1.54, 1.807) is 27.5 Å². The SMILES string of the molecule is CC(NC(=O)c1cc(C(F)(F)F)cc(C(F)(F)F)c1)c1nc(I)nn1-c1ccc(C(=O)N2CCOCC2)cn1. The Labute approximate surface area is 230 Å². The van der Waals surface area contributed by atoms with Crippen LogP contribution < -0.4 is 5.32 Å². The van der Waals surface area contributed by atoms with Crippen molar-refractivity contribution in [2.45, 2.75) is 25.3 Å². The van der Waals surface area contributed by atoms with Crippen molar-refractivity contribution in [3.8, 4) is 5.82 Å². The largest absolute Gasteiger partial charge is 0.416 e. The summed E-state index contributed by atoms with van der Waals surface area (Å²) in [5, 5.41) is 6.57. The number of amides is 2. The second-order valence-electron chi connectivity index (χ2n) is 8.45. The molecule has 16 heteroatoms. The monoisotopic (exact) mass is 668 g/mol. The number of ether oxygens (including phenoxy) is 1. The number of benzene rings is 1. The van der Waals surface area contributed by atoms with Gasteiger partial charge in [-0.05, 0) is 37.3 Å². The summed E-state index contributed by atoms with van der Waals surface area (Å²) in [6.07, 6.45) is -8.85. The lowest BCUT2D eigenvalue weighted by Gasteiger charge is -2.26. The second-order valence-corrected chi connectivity index (χ2v) is 9.42. The quantitative estimate of drug-likeness (QED) is 0.322. The fourth-order valence-corrected chi connectivity index (χ4v) is 4.23. The van der Waals surface area contributed by atoms with Crippen molar-refractivity contribution in [2.75, 3.05) is 26.3 Å². The molecule has 1 fully saturated rings. The van der Waals surface area contributed by atoms with Crippen LogP contribution in [0.5, 0.6) is 0 Å². The first-order chi connectivity index (χ1) is 18.2. The number of morpholine rings is 1. The normalized spacial score (nSPS) is 15.2.